The van der Waals surface area contributed by atoms with Crippen molar-refractivity contribution in [2.24, 2.45) is 0 Å². The fraction of sp³-hybridized carbons (Fsp3) is 0.400. The molecule has 1 aromatic rings. The van der Waals surface area contributed by atoms with Crippen molar-refractivity contribution >= 4 is 10.0 Å². The minimum atomic E-state index is -3.76. The van der Waals surface area contributed by atoms with Gasteiger partial charge in [0.25, 0.3) is 0 Å². The second-order valence-corrected chi connectivity index (χ2v) is 5.26. The molecule has 0 fully saturated rings. The zero-order valence-corrected chi connectivity index (χ0v) is 10.00. The molecule has 90 valence electrons. The maximum Gasteiger partial charge on any atom is 0.245 e. The highest BCUT2D eigenvalue weighted by Gasteiger charge is 2.23. The first-order chi connectivity index (χ1) is 7.50. The van der Waals surface area contributed by atoms with E-state index in [2.05, 4.69) is 0 Å². The maximum absolute atomic E-state index is 13.3. The van der Waals surface area contributed by atoms with Crippen molar-refractivity contribution in [1.82, 2.24) is 4.31 Å². The first-order valence-corrected chi connectivity index (χ1v) is 6.14. The van der Waals surface area contributed by atoms with Crippen LogP contribution in [0.3, 0.4) is 0 Å². The Kier molecular flexibility index (Phi) is 4.40. The summed E-state index contributed by atoms with van der Waals surface area (Å²) in [6, 6.07) is 5.30. The number of hydrogen-bond donors (Lipinski definition) is 0. The summed E-state index contributed by atoms with van der Waals surface area (Å²) in [5.74, 6) is -0.744. The van der Waals surface area contributed by atoms with Crippen molar-refractivity contribution in [1.29, 1.82) is 0 Å². The van der Waals surface area contributed by atoms with Crippen LogP contribution in [0, 0.1) is 5.82 Å². The van der Waals surface area contributed by atoms with E-state index in [1.165, 1.54) is 32.4 Å². The lowest BCUT2D eigenvalue weighted by molar-refractivity contribution is 0.185. The van der Waals surface area contributed by atoms with Crippen molar-refractivity contribution in [3.8, 4) is 0 Å². The van der Waals surface area contributed by atoms with Crippen molar-refractivity contribution in [3.05, 3.63) is 30.1 Å². The minimum absolute atomic E-state index is 0.188. The molecule has 0 aliphatic carbocycles. The third-order valence-corrected chi connectivity index (χ3v) is 4.03. The van der Waals surface area contributed by atoms with Crippen molar-refractivity contribution in [3.63, 3.8) is 0 Å². The Bertz CT molecular complexity index is 447. The van der Waals surface area contributed by atoms with Crippen LogP contribution in [0.25, 0.3) is 0 Å². The van der Waals surface area contributed by atoms with Crippen LogP contribution < -0.4 is 0 Å². The Morgan fingerprint density at radius 3 is 2.56 bits per heavy atom. The summed E-state index contributed by atoms with van der Waals surface area (Å²) >= 11 is 0. The number of hydrogen-bond acceptors (Lipinski definition) is 3. The number of nitrogens with zero attached hydrogens (tertiary/aromatic N) is 1. The molecule has 0 heterocycles. The standard InChI is InChI=1S/C10H14FNO3S/c1-12(7-8-15-2)16(13,14)10-6-4-3-5-9(10)11/h3-6H,7-8H2,1-2H3. The van der Waals surface area contributed by atoms with Crippen LogP contribution >= 0.6 is 0 Å². The van der Waals surface area contributed by atoms with E-state index >= 15 is 0 Å². The number of sulfonamides is 1. The summed E-state index contributed by atoms with van der Waals surface area (Å²) in [6.45, 7) is 0.456. The van der Waals surface area contributed by atoms with Gasteiger partial charge in [0.2, 0.25) is 10.0 Å². The number of benzene rings is 1. The van der Waals surface area contributed by atoms with E-state index in [4.69, 9.17) is 4.74 Å². The van der Waals surface area contributed by atoms with Gasteiger partial charge in [0, 0.05) is 20.7 Å². The molecule has 0 aromatic heterocycles. The van der Waals surface area contributed by atoms with E-state index in [0.29, 0.717) is 0 Å². The summed E-state index contributed by atoms with van der Waals surface area (Å²) < 4.78 is 42.9. The minimum Gasteiger partial charge on any atom is -0.383 e. The molecule has 0 N–H and O–H groups in total. The molecular formula is C10H14FNO3S. The van der Waals surface area contributed by atoms with Gasteiger partial charge >= 0.3 is 0 Å². The van der Waals surface area contributed by atoms with Gasteiger partial charge in [-0.2, -0.15) is 4.31 Å². The second kappa shape index (κ2) is 5.38. The normalized spacial score (nSPS) is 12.0. The zero-order chi connectivity index (χ0) is 12.2. The number of likely N-dealkylation sites (N-methyl/N-ethyl adjacent to an activating group) is 1. The molecule has 0 saturated heterocycles. The van der Waals surface area contributed by atoms with E-state index in [1.54, 1.807) is 0 Å². The first-order valence-electron chi connectivity index (χ1n) is 4.70. The molecule has 0 aliphatic heterocycles. The topological polar surface area (TPSA) is 46.6 Å². The van der Waals surface area contributed by atoms with E-state index < -0.39 is 15.8 Å². The van der Waals surface area contributed by atoms with Crippen LogP contribution in [0.4, 0.5) is 4.39 Å². The van der Waals surface area contributed by atoms with Crippen LogP contribution in [-0.4, -0.2) is 40.0 Å². The van der Waals surface area contributed by atoms with E-state index in [0.717, 1.165) is 10.4 Å². The average molecular weight is 247 g/mol. The van der Waals surface area contributed by atoms with E-state index in [1.807, 2.05) is 0 Å². The van der Waals surface area contributed by atoms with Gasteiger partial charge in [0.15, 0.2) is 0 Å². The summed E-state index contributed by atoms with van der Waals surface area (Å²) in [7, 11) is -0.898. The smallest absolute Gasteiger partial charge is 0.245 e. The van der Waals surface area contributed by atoms with E-state index in [9.17, 15) is 12.8 Å². The molecule has 16 heavy (non-hydrogen) atoms. The maximum atomic E-state index is 13.3. The Morgan fingerprint density at radius 2 is 2.00 bits per heavy atom. The van der Waals surface area contributed by atoms with Crippen molar-refractivity contribution in [2.45, 2.75) is 4.90 Å². The Hall–Kier alpha value is -0.980. The highest BCUT2D eigenvalue weighted by atomic mass is 32.2. The van der Waals surface area contributed by atoms with E-state index in [-0.39, 0.29) is 18.0 Å². The molecule has 1 aromatic carbocycles. The lowest BCUT2D eigenvalue weighted by atomic mass is 10.4. The number of halogens is 1. The van der Waals surface area contributed by atoms with Gasteiger partial charge in [0.05, 0.1) is 6.61 Å². The summed E-state index contributed by atoms with van der Waals surface area (Å²) in [4.78, 5) is -0.311. The Morgan fingerprint density at radius 1 is 1.38 bits per heavy atom. The van der Waals surface area contributed by atoms with Gasteiger partial charge in [-0.3, -0.25) is 0 Å². The third-order valence-electron chi connectivity index (χ3n) is 2.14. The highest BCUT2D eigenvalue weighted by Crippen LogP contribution is 2.17. The molecule has 4 nitrogen and oxygen atoms in total. The predicted molar refractivity (Wildman–Crippen MR) is 58.1 cm³/mol. The molecule has 0 spiro atoms. The SMILES string of the molecule is COCCN(C)S(=O)(=O)c1ccccc1F. The lowest BCUT2D eigenvalue weighted by Gasteiger charge is -2.16. The number of methoxy groups -OCH3 is 1. The fourth-order valence-corrected chi connectivity index (χ4v) is 2.38. The molecule has 1 rings (SSSR count). The molecule has 0 radical (unpaired) electrons. The number of ether oxygens (including phenoxy) is 1. The molecule has 0 aliphatic rings. The monoisotopic (exact) mass is 247 g/mol. The van der Waals surface area contributed by atoms with Crippen LogP contribution in [0.15, 0.2) is 29.2 Å². The molecule has 0 saturated carbocycles. The lowest BCUT2D eigenvalue weighted by Crippen LogP contribution is -2.30. The second-order valence-electron chi connectivity index (χ2n) is 3.25. The van der Waals surface area contributed by atoms with Gasteiger partial charge in [-0.1, -0.05) is 12.1 Å². The molecule has 0 unspecified atom stereocenters. The van der Waals surface area contributed by atoms with Crippen LogP contribution in [0.5, 0.6) is 0 Å². The van der Waals surface area contributed by atoms with Gasteiger partial charge in [-0.05, 0) is 12.1 Å². The van der Waals surface area contributed by atoms with Crippen LogP contribution in [0.2, 0.25) is 0 Å². The van der Waals surface area contributed by atoms with Gasteiger partial charge in [0.1, 0.15) is 10.7 Å². The first kappa shape index (κ1) is 13.1. The summed E-state index contributed by atoms with van der Waals surface area (Å²) in [5, 5.41) is 0. The molecule has 0 bridgehead atoms. The molecule has 0 amide bonds. The Balaban J connectivity index is 2.98. The van der Waals surface area contributed by atoms with Gasteiger partial charge in [-0.15, -0.1) is 0 Å². The average Bonchev–Trinajstić information content (AvgIpc) is 2.26. The number of rotatable bonds is 5. The Labute approximate surface area is 94.7 Å². The predicted octanol–water partition coefficient (Wildman–Crippen LogP) is 1.09. The summed E-state index contributed by atoms with van der Waals surface area (Å²) in [6.07, 6.45) is 0. The molecule has 6 heteroatoms. The third kappa shape index (κ3) is 2.78. The van der Waals surface area contributed by atoms with Crippen molar-refractivity contribution in [2.75, 3.05) is 27.3 Å². The quantitative estimate of drug-likeness (QED) is 0.782. The molecule has 0 atom stereocenters. The van der Waals surface area contributed by atoms with Crippen LogP contribution in [0.1, 0.15) is 0 Å². The van der Waals surface area contributed by atoms with Crippen molar-refractivity contribution < 1.29 is 17.5 Å². The summed E-state index contributed by atoms with van der Waals surface area (Å²) in [5.41, 5.74) is 0. The zero-order valence-electron chi connectivity index (χ0n) is 9.18. The molecular weight excluding hydrogens is 233 g/mol. The van der Waals surface area contributed by atoms with Crippen LogP contribution in [-0.2, 0) is 14.8 Å². The fourth-order valence-electron chi connectivity index (χ4n) is 1.16. The highest BCUT2D eigenvalue weighted by molar-refractivity contribution is 7.89. The van der Waals surface area contributed by atoms with Gasteiger partial charge < -0.3 is 4.74 Å². The largest absolute Gasteiger partial charge is 0.383 e. The van der Waals surface area contributed by atoms with Gasteiger partial charge in [-0.25, -0.2) is 12.8 Å².